The molecule has 2 aromatic carbocycles. The Balaban J connectivity index is 1.99. The maximum absolute atomic E-state index is 5.80. The molecule has 0 amide bonds. The molecule has 0 unspecified atom stereocenters. The summed E-state index contributed by atoms with van der Waals surface area (Å²) in [4.78, 5) is 4.63. The van der Waals surface area contributed by atoms with Crippen molar-refractivity contribution in [3.63, 3.8) is 0 Å². The Kier molecular flexibility index (Phi) is 2.10. The second-order valence-electron chi connectivity index (χ2n) is 4.36. The van der Waals surface area contributed by atoms with Crippen molar-refractivity contribution in [2.24, 2.45) is 0 Å². The molecule has 0 saturated heterocycles. The Morgan fingerprint density at radius 2 is 2.00 bits per heavy atom. The third-order valence-corrected chi connectivity index (χ3v) is 4.11. The smallest absolute Gasteiger partial charge is 0.145 e. The van der Waals surface area contributed by atoms with E-state index >= 15 is 0 Å². The molecule has 0 spiro atoms. The van der Waals surface area contributed by atoms with Crippen LogP contribution < -0.4 is 5.73 Å². The maximum Gasteiger partial charge on any atom is 0.145 e. The third-order valence-electron chi connectivity index (χ3n) is 3.09. The highest BCUT2D eigenvalue weighted by Crippen LogP contribution is 2.33. The summed E-state index contributed by atoms with van der Waals surface area (Å²) in [5, 5.41) is 9.42. The second kappa shape index (κ2) is 3.80. The lowest BCUT2D eigenvalue weighted by atomic mass is 10.2. The van der Waals surface area contributed by atoms with Crippen LogP contribution >= 0.6 is 11.3 Å². The lowest BCUT2D eigenvalue weighted by Crippen LogP contribution is -1.81. The molecule has 4 rings (SSSR count). The van der Waals surface area contributed by atoms with Crippen LogP contribution in [0, 0.1) is 0 Å². The number of nitrogens with zero attached hydrogens (tertiary/aromatic N) is 2. The van der Waals surface area contributed by atoms with Gasteiger partial charge in [-0.2, -0.15) is 5.10 Å². The van der Waals surface area contributed by atoms with E-state index in [4.69, 9.17) is 5.73 Å². The molecule has 19 heavy (non-hydrogen) atoms. The Bertz CT molecular complexity index is 891. The summed E-state index contributed by atoms with van der Waals surface area (Å²) < 4.78 is 1.09. The summed E-state index contributed by atoms with van der Waals surface area (Å²) in [6, 6.07) is 13.8. The number of nitrogens with two attached hydrogens (primary N) is 1. The van der Waals surface area contributed by atoms with Gasteiger partial charge in [0.15, 0.2) is 0 Å². The van der Waals surface area contributed by atoms with Crippen molar-refractivity contribution in [3.8, 4) is 10.7 Å². The molecule has 0 fully saturated rings. The lowest BCUT2D eigenvalue weighted by Gasteiger charge is -1.90. The van der Waals surface area contributed by atoms with Gasteiger partial charge in [-0.3, -0.25) is 5.10 Å². The molecular weight excluding hydrogens is 256 g/mol. The zero-order valence-corrected chi connectivity index (χ0v) is 10.7. The Hall–Kier alpha value is -2.40. The minimum atomic E-state index is 0.759. The summed E-state index contributed by atoms with van der Waals surface area (Å²) in [5.74, 6) is 0. The SMILES string of the molecule is Nc1ccc2nc(-c3n[nH]c4ccccc34)sc2c1. The number of para-hydroxylation sites is 1. The fourth-order valence-corrected chi connectivity index (χ4v) is 3.19. The molecule has 0 aliphatic carbocycles. The molecule has 0 aliphatic rings. The van der Waals surface area contributed by atoms with E-state index in [0.717, 1.165) is 37.5 Å². The van der Waals surface area contributed by atoms with E-state index in [1.165, 1.54) is 0 Å². The first-order chi connectivity index (χ1) is 9.31. The van der Waals surface area contributed by atoms with Gasteiger partial charge in [0.1, 0.15) is 10.7 Å². The van der Waals surface area contributed by atoms with Gasteiger partial charge >= 0.3 is 0 Å². The van der Waals surface area contributed by atoms with E-state index in [9.17, 15) is 0 Å². The summed E-state index contributed by atoms with van der Waals surface area (Å²) in [7, 11) is 0. The maximum atomic E-state index is 5.80. The molecule has 3 N–H and O–H groups in total. The highest BCUT2D eigenvalue weighted by molar-refractivity contribution is 7.21. The molecule has 2 heterocycles. The number of H-pyrrole nitrogens is 1. The number of benzene rings is 2. The van der Waals surface area contributed by atoms with Gasteiger partial charge in [-0.25, -0.2) is 4.98 Å². The molecule has 4 aromatic rings. The molecular formula is C14H10N4S. The molecule has 0 aliphatic heterocycles. The minimum Gasteiger partial charge on any atom is -0.399 e. The van der Waals surface area contributed by atoms with Gasteiger partial charge in [-0.15, -0.1) is 11.3 Å². The number of nitrogens with one attached hydrogen (secondary N) is 1. The van der Waals surface area contributed by atoms with Crippen LogP contribution in [-0.2, 0) is 0 Å². The highest BCUT2D eigenvalue weighted by Gasteiger charge is 2.12. The Morgan fingerprint density at radius 1 is 1.11 bits per heavy atom. The lowest BCUT2D eigenvalue weighted by molar-refractivity contribution is 1.12. The molecule has 0 radical (unpaired) electrons. The number of thiazole rings is 1. The first kappa shape index (κ1) is 10.5. The van der Waals surface area contributed by atoms with Gasteiger partial charge in [-0.1, -0.05) is 18.2 Å². The largest absolute Gasteiger partial charge is 0.399 e. The van der Waals surface area contributed by atoms with Crippen molar-refractivity contribution in [1.82, 2.24) is 15.2 Å². The average Bonchev–Trinajstić information content (AvgIpc) is 3.00. The van der Waals surface area contributed by atoms with Gasteiger partial charge in [0.05, 0.1) is 15.7 Å². The van der Waals surface area contributed by atoms with Gasteiger partial charge in [0, 0.05) is 11.1 Å². The topological polar surface area (TPSA) is 67.6 Å². The van der Waals surface area contributed by atoms with E-state index in [1.54, 1.807) is 11.3 Å². The Labute approximate surface area is 112 Å². The predicted molar refractivity (Wildman–Crippen MR) is 79.1 cm³/mol. The fourth-order valence-electron chi connectivity index (χ4n) is 2.17. The number of hydrogen-bond donors (Lipinski definition) is 2. The van der Waals surface area contributed by atoms with Crippen LogP contribution in [0.5, 0.6) is 0 Å². The summed E-state index contributed by atoms with van der Waals surface area (Å²) >= 11 is 1.61. The van der Waals surface area contributed by atoms with Gasteiger partial charge in [0.25, 0.3) is 0 Å². The normalized spacial score (nSPS) is 11.4. The van der Waals surface area contributed by atoms with Crippen LogP contribution in [0.25, 0.3) is 31.8 Å². The van der Waals surface area contributed by atoms with E-state index in [0.29, 0.717) is 0 Å². The molecule has 0 bridgehead atoms. The van der Waals surface area contributed by atoms with Crippen LogP contribution in [0.4, 0.5) is 5.69 Å². The molecule has 0 saturated carbocycles. The van der Waals surface area contributed by atoms with Crippen LogP contribution in [-0.4, -0.2) is 15.2 Å². The predicted octanol–water partition coefficient (Wildman–Crippen LogP) is 3.42. The first-order valence-electron chi connectivity index (χ1n) is 5.91. The monoisotopic (exact) mass is 266 g/mol. The molecule has 2 aromatic heterocycles. The number of nitrogen functional groups attached to an aromatic ring is 1. The molecule has 5 heteroatoms. The van der Waals surface area contributed by atoms with E-state index < -0.39 is 0 Å². The number of rotatable bonds is 1. The second-order valence-corrected chi connectivity index (χ2v) is 5.39. The third kappa shape index (κ3) is 1.59. The number of aromatic amines is 1. The van der Waals surface area contributed by atoms with E-state index in [-0.39, 0.29) is 0 Å². The minimum absolute atomic E-state index is 0.759. The van der Waals surface area contributed by atoms with Crippen LogP contribution in [0.15, 0.2) is 42.5 Å². The van der Waals surface area contributed by atoms with Crippen molar-refractivity contribution in [2.45, 2.75) is 0 Å². The number of aromatic nitrogens is 3. The van der Waals surface area contributed by atoms with Crippen molar-refractivity contribution in [1.29, 1.82) is 0 Å². The number of hydrogen-bond acceptors (Lipinski definition) is 4. The average molecular weight is 266 g/mol. The summed E-state index contributed by atoms with van der Waals surface area (Å²) in [6.45, 7) is 0. The fraction of sp³-hybridized carbons (Fsp3) is 0. The zero-order valence-electron chi connectivity index (χ0n) is 9.92. The zero-order chi connectivity index (χ0) is 12.8. The van der Waals surface area contributed by atoms with Crippen LogP contribution in [0.3, 0.4) is 0 Å². The standard InChI is InChI=1S/C14H10N4S/c15-8-5-6-11-12(7-8)19-14(16-11)13-9-3-1-2-4-10(9)17-18-13/h1-7H,15H2,(H,17,18). The quantitative estimate of drug-likeness (QED) is 0.519. The number of anilines is 1. The van der Waals surface area contributed by atoms with Crippen molar-refractivity contribution in [2.75, 3.05) is 5.73 Å². The Morgan fingerprint density at radius 3 is 2.95 bits per heavy atom. The first-order valence-corrected chi connectivity index (χ1v) is 6.72. The number of fused-ring (bicyclic) bond motifs is 2. The van der Waals surface area contributed by atoms with Gasteiger partial charge < -0.3 is 5.73 Å². The highest BCUT2D eigenvalue weighted by atomic mass is 32.1. The molecule has 92 valence electrons. The summed E-state index contributed by atoms with van der Waals surface area (Å²) in [5.41, 5.74) is 9.44. The van der Waals surface area contributed by atoms with Crippen molar-refractivity contribution < 1.29 is 0 Å². The van der Waals surface area contributed by atoms with Gasteiger partial charge in [-0.05, 0) is 24.3 Å². The molecule has 0 atom stereocenters. The van der Waals surface area contributed by atoms with E-state index in [1.807, 2.05) is 36.4 Å². The molecule has 4 nitrogen and oxygen atoms in total. The van der Waals surface area contributed by atoms with Crippen molar-refractivity contribution in [3.05, 3.63) is 42.5 Å². The van der Waals surface area contributed by atoms with Crippen LogP contribution in [0.1, 0.15) is 0 Å². The van der Waals surface area contributed by atoms with Gasteiger partial charge in [0.2, 0.25) is 0 Å². The van der Waals surface area contributed by atoms with Crippen molar-refractivity contribution >= 4 is 38.1 Å². The van der Waals surface area contributed by atoms with E-state index in [2.05, 4.69) is 21.2 Å². The summed E-state index contributed by atoms with van der Waals surface area (Å²) in [6.07, 6.45) is 0. The van der Waals surface area contributed by atoms with Crippen LogP contribution in [0.2, 0.25) is 0 Å².